The molecule has 0 heterocycles. The molecule has 39 heavy (non-hydrogen) atoms. The highest BCUT2D eigenvalue weighted by Crippen LogP contribution is 2.56. The van der Waals surface area contributed by atoms with Crippen LogP contribution in [0.5, 0.6) is 0 Å². The summed E-state index contributed by atoms with van der Waals surface area (Å²) in [6, 6.07) is 51.0. The largest absolute Gasteiger partial charge is 0.0622 e. The molecule has 0 aromatic heterocycles. The van der Waals surface area contributed by atoms with Gasteiger partial charge in [-0.05, 0) is 85.2 Å². The maximum atomic E-state index is 2.33. The van der Waals surface area contributed by atoms with Crippen molar-refractivity contribution in [2.24, 2.45) is 0 Å². The first-order valence-corrected chi connectivity index (χ1v) is 13.9. The van der Waals surface area contributed by atoms with Gasteiger partial charge in [0.2, 0.25) is 0 Å². The van der Waals surface area contributed by atoms with Gasteiger partial charge in [-0.1, -0.05) is 146 Å². The van der Waals surface area contributed by atoms with E-state index >= 15 is 0 Å². The fourth-order valence-corrected chi connectivity index (χ4v) is 6.43. The molecule has 0 atom stereocenters. The molecular weight excluding hydrogens is 468 g/mol. The van der Waals surface area contributed by atoms with E-state index in [4.69, 9.17) is 0 Å². The summed E-state index contributed by atoms with van der Waals surface area (Å²) >= 11 is 0. The van der Waals surface area contributed by atoms with Gasteiger partial charge in [0.05, 0.1) is 0 Å². The number of benzene rings is 6. The fourth-order valence-electron chi connectivity index (χ4n) is 6.43. The van der Waals surface area contributed by atoms with Crippen molar-refractivity contribution in [1.82, 2.24) is 0 Å². The van der Waals surface area contributed by atoms with Crippen molar-refractivity contribution < 1.29 is 0 Å². The highest BCUT2D eigenvalue weighted by Gasteiger charge is 2.32. The van der Waals surface area contributed by atoms with Crippen LogP contribution < -0.4 is 0 Å². The van der Waals surface area contributed by atoms with Crippen LogP contribution >= 0.6 is 0 Å². The van der Waals surface area contributed by atoms with Crippen LogP contribution in [0.2, 0.25) is 0 Å². The molecule has 0 saturated heterocycles. The summed E-state index contributed by atoms with van der Waals surface area (Å²) in [6.07, 6.45) is 1.93. The van der Waals surface area contributed by atoms with Crippen molar-refractivity contribution in [2.75, 3.05) is 0 Å². The van der Waals surface area contributed by atoms with E-state index in [0.29, 0.717) is 0 Å². The van der Waals surface area contributed by atoms with Crippen LogP contribution in [0.25, 0.3) is 55.6 Å². The van der Waals surface area contributed by atoms with Crippen molar-refractivity contribution >= 4 is 0 Å². The Morgan fingerprint density at radius 2 is 0.821 bits per heavy atom. The third-order valence-electron chi connectivity index (χ3n) is 8.11. The average molecular weight is 499 g/mol. The van der Waals surface area contributed by atoms with Crippen LogP contribution in [0.3, 0.4) is 0 Å². The lowest BCUT2D eigenvalue weighted by Gasteiger charge is -2.26. The van der Waals surface area contributed by atoms with Crippen LogP contribution in [-0.2, 0) is 12.8 Å². The highest BCUT2D eigenvalue weighted by atomic mass is 14.3. The molecule has 6 aromatic rings. The van der Waals surface area contributed by atoms with Crippen molar-refractivity contribution in [3.63, 3.8) is 0 Å². The minimum atomic E-state index is 0.938. The Bertz CT molecular complexity index is 1780. The zero-order valence-corrected chi connectivity index (χ0v) is 22.2. The lowest BCUT2D eigenvalue weighted by atomic mass is 9.76. The van der Waals surface area contributed by atoms with Crippen LogP contribution in [-0.4, -0.2) is 0 Å². The molecule has 1 aliphatic carbocycles. The molecular formula is C39H30. The molecule has 0 nitrogen and oxygen atoms in total. The van der Waals surface area contributed by atoms with Gasteiger partial charge in [0.25, 0.3) is 0 Å². The number of fused-ring (bicyclic) bond motifs is 3. The Labute approximate surface area is 231 Å². The van der Waals surface area contributed by atoms with E-state index in [2.05, 4.69) is 146 Å². The molecule has 6 aromatic carbocycles. The van der Waals surface area contributed by atoms with Gasteiger partial charge >= 0.3 is 0 Å². The average Bonchev–Trinajstić information content (AvgIpc) is 3.40. The van der Waals surface area contributed by atoms with E-state index in [1.807, 2.05) is 0 Å². The van der Waals surface area contributed by atoms with Crippen molar-refractivity contribution in [3.05, 3.63) is 156 Å². The second-order valence-electron chi connectivity index (χ2n) is 10.3. The molecule has 0 amide bonds. The number of aryl methyl sites for hydroxylation is 1. The Morgan fingerprint density at radius 1 is 0.410 bits per heavy atom. The van der Waals surface area contributed by atoms with Gasteiger partial charge in [-0.25, -0.2) is 0 Å². The highest BCUT2D eigenvalue weighted by molar-refractivity contribution is 6.11. The molecule has 0 heteroatoms. The van der Waals surface area contributed by atoms with E-state index in [1.165, 1.54) is 72.3 Å². The predicted octanol–water partition coefficient (Wildman–Crippen LogP) is 10.5. The van der Waals surface area contributed by atoms with E-state index in [-0.39, 0.29) is 0 Å². The Morgan fingerprint density at radius 3 is 1.36 bits per heavy atom. The predicted molar refractivity (Wildman–Crippen MR) is 166 cm³/mol. The molecule has 0 bridgehead atoms. The van der Waals surface area contributed by atoms with Gasteiger partial charge in [-0.3, -0.25) is 0 Å². The SMILES string of the molecule is CCc1ccccc1-c1c2c(c(-c3ccccc3)c(-c3ccccc3)c1-c1ccccc1)-c1ccccc1C2. The van der Waals surface area contributed by atoms with Gasteiger partial charge in [-0.2, -0.15) is 0 Å². The first-order chi connectivity index (χ1) is 19.3. The molecule has 0 spiro atoms. The third kappa shape index (κ3) is 3.92. The van der Waals surface area contributed by atoms with Crippen LogP contribution in [0.4, 0.5) is 0 Å². The van der Waals surface area contributed by atoms with Gasteiger partial charge in [0.1, 0.15) is 0 Å². The Kier molecular flexibility index (Phi) is 5.94. The summed E-state index contributed by atoms with van der Waals surface area (Å²) in [4.78, 5) is 0. The first-order valence-electron chi connectivity index (χ1n) is 13.9. The van der Waals surface area contributed by atoms with Crippen molar-refractivity contribution in [3.8, 4) is 55.6 Å². The topological polar surface area (TPSA) is 0 Å². The van der Waals surface area contributed by atoms with Gasteiger partial charge in [-0.15, -0.1) is 0 Å². The van der Waals surface area contributed by atoms with E-state index < -0.39 is 0 Å². The number of hydrogen-bond acceptors (Lipinski definition) is 0. The minimum absolute atomic E-state index is 0.938. The molecule has 186 valence electrons. The zero-order valence-electron chi connectivity index (χ0n) is 22.2. The summed E-state index contributed by atoms with van der Waals surface area (Å²) in [5.41, 5.74) is 17.4. The molecule has 0 fully saturated rings. The quantitative estimate of drug-likeness (QED) is 0.221. The van der Waals surface area contributed by atoms with E-state index in [9.17, 15) is 0 Å². The number of rotatable bonds is 5. The molecule has 0 unspecified atom stereocenters. The monoisotopic (exact) mass is 498 g/mol. The standard InChI is InChI=1S/C39H30/c1-2-27-16-12-14-24-32(27)38-34-26-31-23-13-15-25-33(31)39(34)37(30-21-10-5-11-22-30)35(28-17-6-3-7-18-28)36(38)29-19-8-4-9-20-29/h3-25H,2,26H2,1H3. The third-order valence-corrected chi connectivity index (χ3v) is 8.11. The second kappa shape index (κ2) is 9.89. The van der Waals surface area contributed by atoms with Crippen molar-refractivity contribution in [2.45, 2.75) is 19.8 Å². The van der Waals surface area contributed by atoms with Gasteiger partial charge in [0, 0.05) is 0 Å². The van der Waals surface area contributed by atoms with E-state index in [0.717, 1.165) is 12.8 Å². The first kappa shape index (κ1) is 23.4. The zero-order chi connectivity index (χ0) is 26.2. The summed E-state index contributed by atoms with van der Waals surface area (Å²) in [5.74, 6) is 0. The maximum absolute atomic E-state index is 2.33. The summed E-state index contributed by atoms with van der Waals surface area (Å²) < 4.78 is 0. The molecule has 1 aliphatic rings. The lowest BCUT2D eigenvalue weighted by Crippen LogP contribution is -2.02. The summed E-state index contributed by atoms with van der Waals surface area (Å²) in [6.45, 7) is 2.27. The van der Waals surface area contributed by atoms with Crippen LogP contribution in [0.15, 0.2) is 140 Å². The maximum Gasteiger partial charge on any atom is -0.000682 e. The summed E-state index contributed by atoms with van der Waals surface area (Å²) in [7, 11) is 0. The molecule has 7 rings (SSSR count). The number of hydrogen-bond donors (Lipinski definition) is 0. The fraction of sp³-hybridized carbons (Fsp3) is 0.0769. The van der Waals surface area contributed by atoms with Crippen LogP contribution in [0, 0.1) is 0 Å². The molecule has 0 radical (unpaired) electrons. The Hall–Kier alpha value is -4.68. The smallest absolute Gasteiger partial charge is 0.000682 e. The van der Waals surface area contributed by atoms with Crippen molar-refractivity contribution in [1.29, 1.82) is 0 Å². The Balaban J connectivity index is 1.76. The van der Waals surface area contributed by atoms with Crippen LogP contribution in [0.1, 0.15) is 23.6 Å². The normalized spacial score (nSPS) is 11.7. The molecule has 0 aliphatic heterocycles. The minimum Gasteiger partial charge on any atom is -0.0622 e. The van der Waals surface area contributed by atoms with Gasteiger partial charge in [0.15, 0.2) is 0 Å². The molecule has 0 saturated carbocycles. The lowest BCUT2D eigenvalue weighted by molar-refractivity contribution is 1.14. The van der Waals surface area contributed by atoms with Gasteiger partial charge < -0.3 is 0 Å². The molecule has 0 N–H and O–H groups in total. The summed E-state index contributed by atoms with van der Waals surface area (Å²) in [5, 5.41) is 0. The second-order valence-corrected chi connectivity index (χ2v) is 10.3. The van der Waals surface area contributed by atoms with E-state index in [1.54, 1.807) is 0 Å².